The van der Waals surface area contributed by atoms with E-state index in [0.29, 0.717) is 24.3 Å². The van der Waals surface area contributed by atoms with Crippen LogP contribution in [0.5, 0.6) is 0 Å². The minimum Gasteiger partial charge on any atom is -0.465 e. The molecular formula is C28H32N4O3S. The van der Waals surface area contributed by atoms with Crippen molar-refractivity contribution >= 4 is 34.6 Å². The molecule has 36 heavy (non-hydrogen) atoms. The number of hydrogen-bond acceptors (Lipinski definition) is 5. The van der Waals surface area contributed by atoms with E-state index in [9.17, 15) is 14.7 Å². The van der Waals surface area contributed by atoms with E-state index < -0.39 is 6.09 Å². The number of thiazole rings is 1. The zero-order valence-corrected chi connectivity index (χ0v) is 21.6. The van der Waals surface area contributed by atoms with Crippen molar-refractivity contribution in [3.63, 3.8) is 0 Å². The molecule has 0 saturated carbocycles. The summed E-state index contributed by atoms with van der Waals surface area (Å²) in [5.74, 6) is 0.0313. The molecule has 188 valence electrons. The Kier molecular flexibility index (Phi) is 8.51. The van der Waals surface area contributed by atoms with Gasteiger partial charge < -0.3 is 10.0 Å². The molecule has 2 amide bonds. The molecule has 3 aromatic rings. The zero-order chi connectivity index (χ0) is 25.5. The van der Waals surface area contributed by atoms with Crippen LogP contribution in [-0.2, 0) is 6.54 Å². The molecule has 2 aromatic carbocycles. The Balaban J connectivity index is 1.65. The predicted octanol–water partition coefficient (Wildman–Crippen LogP) is 5.81. The van der Waals surface area contributed by atoms with E-state index in [0.717, 1.165) is 54.9 Å². The molecule has 1 fully saturated rings. The normalized spacial score (nSPS) is 13.9. The molecule has 1 aromatic heterocycles. The van der Waals surface area contributed by atoms with Crippen LogP contribution in [0.4, 0.5) is 10.5 Å². The van der Waals surface area contributed by atoms with Gasteiger partial charge in [0.05, 0.1) is 11.2 Å². The topological polar surface area (TPSA) is 85.8 Å². The van der Waals surface area contributed by atoms with E-state index in [-0.39, 0.29) is 5.91 Å². The van der Waals surface area contributed by atoms with Crippen LogP contribution in [0.3, 0.4) is 0 Å². The van der Waals surface area contributed by atoms with Gasteiger partial charge in [-0.25, -0.2) is 9.78 Å². The molecule has 0 aliphatic carbocycles. The summed E-state index contributed by atoms with van der Waals surface area (Å²) in [4.78, 5) is 32.7. The van der Waals surface area contributed by atoms with Gasteiger partial charge in [-0.1, -0.05) is 29.8 Å². The summed E-state index contributed by atoms with van der Waals surface area (Å²) >= 11 is 1.62. The van der Waals surface area contributed by atoms with Crippen molar-refractivity contribution in [1.82, 2.24) is 14.8 Å². The minimum absolute atomic E-state index is 0.0313. The molecule has 2 N–H and O–H groups in total. The molecule has 2 heterocycles. The van der Waals surface area contributed by atoms with E-state index in [1.54, 1.807) is 17.4 Å². The van der Waals surface area contributed by atoms with Crippen molar-refractivity contribution in [2.45, 2.75) is 33.2 Å². The summed E-state index contributed by atoms with van der Waals surface area (Å²) in [5.41, 5.74) is 8.62. The molecule has 7 nitrogen and oxygen atoms in total. The van der Waals surface area contributed by atoms with Gasteiger partial charge in [-0.05, 0) is 67.7 Å². The highest BCUT2D eigenvalue weighted by Gasteiger charge is 2.21. The number of likely N-dealkylation sites (tertiary alicyclic amines) is 1. The molecule has 1 aliphatic heterocycles. The lowest BCUT2D eigenvalue weighted by Gasteiger charge is -2.30. The summed E-state index contributed by atoms with van der Waals surface area (Å²) in [6.45, 7) is 8.03. The SMILES string of the molecule is CCN(CC)C(=O)c1ccc(C(=C2CCN(Cc3cscn3)CC2)c2cccc(NC(=O)O)c2)cc1. The maximum atomic E-state index is 12.8. The van der Waals surface area contributed by atoms with Crippen LogP contribution in [0.2, 0.25) is 0 Å². The number of nitrogens with zero attached hydrogens (tertiary/aromatic N) is 3. The van der Waals surface area contributed by atoms with Crippen molar-refractivity contribution in [3.05, 3.63) is 87.4 Å². The van der Waals surface area contributed by atoms with Gasteiger partial charge in [0, 0.05) is 49.4 Å². The minimum atomic E-state index is -1.09. The van der Waals surface area contributed by atoms with Crippen LogP contribution in [0.1, 0.15) is 53.9 Å². The Labute approximate surface area is 216 Å². The fraction of sp³-hybridized carbons (Fsp3) is 0.321. The Bertz CT molecular complexity index is 1210. The molecular weight excluding hydrogens is 472 g/mol. The lowest BCUT2D eigenvalue weighted by molar-refractivity contribution is 0.0773. The van der Waals surface area contributed by atoms with Crippen molar-refractivity contribution in [3.8, 4) is 0 Å². The third-order valence-electron chi connectivity index (χ3n) is 6.56. The van der Waals surface area contributed by atoms with Gasteiger partial charge in [0.1, 0.15) is 0 Å². The van der Waals surface area contributed by atoms with Gasteiger partial charge in [0.2, 0.25) is 0 Å². The van der Waals surface area contributed by atoms with Crippen LogP contribution in [0, 0.1) is 0 Å². The molecule has 1 aliphatic rings. The zero-order valence-electron chi connectivity index (χ0n) is 20.7. The van der Waals surface area contributed by atoms with Crippen molar-refractivity contribution in [2.24, 2.45) is 0 Å². The fourth-order valence-corrected chi connectivity index (χ4v) is 5.25. The number of carboxylic acid groups (broad SMARTS) is 1. The van der Waals surface area contributed by atoms with Crippen LogP contribution in [-0.4, -0.2) is 58.1 Å². The molecule has 0 spiro atoms. The lowest BCUT2D eigenvalue weighted by atomic mass is 9.87. The molecule has 0 atom stereocenters. The monoisotopic (exact) mass is 504 g/mol. The van der Waals surface area contributed by atoms with Crippen LogP contribution >= 0.6 is 11.3 Å². The van der Waals surface area contributed by atoms with Gasteiger partial charge in [0.25, 0.3) is 5.91 Å². The Morgan fingerprint density at radius 2 is 1.72 bits per heavy atom. The second kappa shape index (κ2) is 12.0. The molecule has 0 radical (unpaired) electrons. The number of aromatic nitrogens is 1. The van der Waals surface area contributed by atoms with E-state index >= 15 is 0 Å². The highest BCUT2D eigenvalue weighted by molar-refractivity contribution is 7.07. The number of amides is 2. The third-order valence-corrected chi connectivity index (χ3v) is 7.19. The van der Waals surface area contributed by atoms with E-state index in [4.69, 9.17) is 0 Å². The molecule has 4 rings (SSSR count). The number of nitrogens with one attached hydrogen (secondary N) is 1. The Hall–Kier alpha value is -3.49. The van der Waals surface area contributed by atoms with Gasteiger partial charge in [-0.2, -0.15) is 0 Å². The van der Waals surface area contributed by atoms with E-state index in [1.807, 2.05) is 66.7 Å². The first kappa shape index (κ1) is 25.6. The number of rotatable bonds is 8. The first-order chi connectivity index (χ1) is 17.5. The van der Waals surface area contributed by atoms with Crippen LogP contribution < -0.4 is 5.32 Å². The van der Waals surface area contributed by atoms with Gasteiger partial charge in [-0.3, -0.25) is 15.0 Å². The van der Waals surface area contributed by atoms with Crippen LogP contribution in [0.25, 0.3) is 5.57 Å². The molecule has 0 unspecified atom stereocenters. The van der Waals surface area contributed by atoms with Gasteiger partial charge in [-0.15, -0.1) is 11.3 Å². The molecule has 8 heteroatoms. The second-order valence-electron chi connectivity index (χ2n) is 8.80. The average molecular weight is 505 g/mol. The van der Waals surface area contributed by atoms with Gasteiger partial charge >= 0.3 is 6.09 Å². The van der Waals surface area contributed by atoms with Crippen LogP contribution in [0.15, 0.2) is 65.0 Å². The van der Waals surface area contributed by atoms with Crippen molar-refractivity contribution in [2.75, 3.05) is 31.5 Å². The summed E-state index contributed by atoms with van der Waals surface area (Å²) < 4.78 is 0. The van der Waals surface area contributed by atoms with Crippen molar-refractivity contribution in [1.29, 1.82) is 0 Å². The quantitative estimate of drug-likeness (QED) is 0.404. The number of benzene rings is 2. The average Bonchev–Trinajstić information content (AvgIpc) is 3.39. The lowest BCUT2D eigenvalue weighted by Crippen LogP contribution is -2.30. The van der Waals surface area contributed by atoms with E-state index in [2.05, 4.69) is 20.6 Å². The summed E-state index contributed by atoms with van der Waals surface area (Å²) in [5, 5.41) is 13.8. The summed E-state index contributed by atoms with van der Waals surface area (Å²) in [6.07, 6.45) is 0.739. The number of hydrogen-bond donors (Lipinski definition) is 2. The number of piperidine rings is 1. The molecule has 0 bridgehead atoms. The first-order valence-electron chi connectivity index (χ1n) is 12.3. The third kappa shape index (κ3) is 6.19. The maximum Gasteiger partial charge on any atom is 0.409 e. The second-order valence-corrected chi connectivity index (χ2v) is 9.52. The molecule has 1 saturated heterocycles. The summed E-state index contributed by atoms with van der Waals surface area (Å²) in [7, 11) is 0. The standard InChI is InChI=1S/C28H32N4O3S/c1-3-32(4-2)27(33)22-10-8-20(9-11-22)26(23-6-5-7-24(16-23)30-28(34)35)21-12-14-31(15-13-21)17-25-18-36-19-29-25/h5-11,16,18-19,30H,3-4,12-15,17H2,1-2H3,(H,34,35). The number of carbonyl (C=O) groups excluding carboxylic acids is 1. The Morgan fingerprint density at radius 3 is 2.33 bits per heavy atom. The highest BCUT2D eigenvalue weighted by atomic mass is 32.1. The highest BCUT2D eigenvalue weighted by Crippen LogP contribution is 2.34. The maximum absolute atomic E-state index is 12.8. The van der Waals surface area contributed by atoms with E-state index in [1.165, 1.54) is 5.57 Å². The number of carbonyl (C=O) groups is 2. The largest absolute Gasteiger partial charge is 0.465 e. The van der Waals surface area contributed by atoms with Gasteiger partial charge in [0.15, 0.2) is 0 Å². The fourth-order valence-electron chi connectivity index (χ4n) is 4.70. The van der Waals surface area contributed by atoms with Crippen molar-refractivity contribution < 1.29 is 14.7 Å². The Morgan fingerprint density at radius 1 is 1.03 bits per heavy atom. The smallest absolute Gasteiger partial charge is 0.409 e. The number of anilines is 1. The predicted molar refractivity (Wildman–Crippen MR) is 144 cm³/mol. The first-order valence-corrected chi connectivity index (χ1v) is 13.2. The summed E-state index contributed by atoms with van der Waals surface area (Å²) in [6, 6.07) is 15.3.